The normalized spacial score (nSPS) is 10.9. The lowest BCUT2D eigenvalue weighted by molar-refractivity contribution is 0.0696. The van der Waals surface area contributed by atoms with Gasteiger partial charge in [-0.05, 0) is 29.7 Å². The fourth-order valence-corrected chi connectivity index (χ4v) is 3.45. The fourth-order valence-electron chi connectivity index (χ4n) is 3.32. The van der Waals surface area contributed by atoms with E-state index < -0.39 is 5.97 Å². The molecule has 1 heterocycles. The van der Waals surface area contributed by atoms with E-state index in [2.05, 4.69) is 4.98 Å². The van der Waals surface area contributed by atoms with E-state index in [1.807, 2.05) is 36.4 Å². The molecule has 0 atom stereocenters. The van der Waals surface area contributed by atoms with Crippen LogP contribution < -0.4 is 0 Å². The van der Waals surface area contributed by atoms with Crippen molar-refractivity contribution in [1.29, 1.82) is 0 Å². The van der Waals surface area contributed by atoms with Crippen LogP contribution in [0, 0.1) is 0 Å². The van der Waals surface area contributed by atoms with Crippen LogP contribution in [0.15, 0.2) is 72.8 Å². The summed E-state index contributed by atoms with van der Waals surface area (Å²) in [6.45, 7) is 0. The molecule has 0 amide bonds. The predicted octanol–water partition coefficient (Wildman–Crippen LogP) is 5.55. The number of hydrogen-bond acceptors (Lipinski definition) is 3. The minimum Gasteiger partial charge on any atom is -0.505 e. The number of pyridine rings is 1. The summed E-state index contributed by atoms with van der Waals surface area (Å²) in [5.74, 6) is -1.55. The molecule has 5 heteroatoms. The van der Waals surface area contributed by atoms with Crippen LogP contribution in [0.4, 0.5) is 0 Å². The maximum absolute atomic E-state index is 11.9. The van der Waals surface area contributed by atoms with Gasteiger partial charge < -0.3 is 10.2 Å². The second kappa shape index (κ2) is 7.33. The van der Waals surface area contributed by atoms with Crippen LogP contribution in [0.1, 0.15) is 21.5 Å². The van der Waals surface area contributed by atoms with Gasteiger partial charge in [0.1, 0.15) is 11.3 Å². The van der Waals surface area contributed by atoms with Crippen molar-refractivity contribution >= 4 is 28.5 Å². The number of rotatable bonds is 4. The molecule has 2 N–H and O–H groups in total. The van der Waals surface area contributed by atoms with Crippen LogP contribution in [0.2, 0.25) is 5.02 Å². The van der Waals surface area contributed by atoms with Crippen LogP contribution in [-0.2, 0) is 6.42 Å². The van der Waals surface area contributed by atoms with Gasteiger partial charge in [-0.3, -0.25) is 0 Å². The number of benzene rings is 3. The molecule has 0 fully saturated rings. The second-order valence-electron chi connectivity index (χ2n) is 6.47. The van der Waals surface area contributed by atoms with Gasteiger partial charge in [-0.1, -0.05) is 72.3 Å². The quantitative estimate of drug-likeness (QED) is 0.480. The van der Waals surface area contributed by atoms with E-state index in [4.69, 9.17) is 11.6 Å². The van der Waals surface area contributed by atoms with E-state index in [0.717, 1.165) is 11.1 Å². The average molecular weight is 390 g/mol. The van der Waals surface area contributed by atoms with Gasteiger partial charge in [-0.25, -0.2) is 9.78 Å². The zero-order valence-electron chi connectivity index (χ0n) is 14.8. The molecule has 4 aromatic rings. The molecule has 0 aliphatic rings. The Morgan fingerprint density at radius 2 is 1.64 bits per heavy atom. The maximum Gasteiger partial charge on any atom is 0.340 e. The summed E-state index contributed by atoms with van der Waals surface area (Å²) in [6, 6.07) is 22.1. The molecule has 4 nitrogen and oxygen atoms in total. The molecule has 0 aliphatic heterocycles. The Hall–Kier alpha value is -3.37. The Morgan fingerprint density at radius 3 is 2.32 bits per heavy atom. The highest BCUT2D eigenvalue weighted by molar-refractivity contribution is 6.30. The summed E-state index contributed by atoms with van der Waals surface area (Å²) >= 11 is 5.95. The number of fused-ring (bicyclic) bond motifs is 1. The number of nitrogens with zero attached hydrogens (tertiary/aromatic N) is 1. The number of para-hydroxylation sites is 1. The molecule has 0 saturated heterocycles. The van der Waals surface area contributed by atoms with Crippen molar-refractivity contribution in [1.82, 2.24) is 4.98 Å². The first-order valence-electron chi connectivity index (χ1n) is 8.72. The van der Waals surface area contributed by atoms with E-state index in [-0.39, 0.29) is 17.0 Å². The van der Waals surface area contributed by atoms with Crippen molar-refractivity contribution < 1.29 is 15.0 Å². The highest BCUT2D eigenvalue weighted by atomic mass is 35.5. The van der Waals surface area contributed by atoms with Gasteiger partial charge >= 0.3 is 5.97 Å². The lowest BCUT2D eigenvalue weighted by atomic mass is 9.97. The van der Waals surface area contributed by atoms with Gasteiger partial charge in [-0.15, -0.1) is 0 Å². The van der Waals surface area contributed by atoms with E-state index in [1.165, 1.54) is 0 Å². The summed E-state index contributed by atoms with van der Waals surface area (Å²) in [4.78, 5) is 16.6. The van der Waals surface area contributed by atoms with E-state index >= 15 is 0 Å². The highest BCUT2D eigenvalue weighted by Gasteiger charge is 2.22. The van der Waals surface area contributed by atoms with E-state index in [0.29, 0.717) is 27.9 Å². The molecule has 0 unspecified atom stereocenters. The van der Waals surface area contributed by atoms with Gasteiger partial charge in [0.05, 0.1) is 5.52 Å². The lowest BCUT2D eigenvalue weighted by Gasteiger charge is -2.13. The van der Waals surface area contributed by atoms with Gasteiger partial charge in [0.2, 0.25) is 0 Å². The lowest BCUT2D eigenvalue weighted by Crippen LogP contribution is -2.03. The fraction of sp³-hybridized carbons (Fsp3) is 0.0435. The number of aromatic nitrogens is 1. The third kappa shape index (κ3) is 3.30. The first-order valence-corrected chi connectivity index (χ1v) is 9.10. The van der Waals surface area contributed by atoms with Crippen molar-refractivity contribution in [2.75, 3.05) is 0 Å². The zero-order valence-corrected chi connectivity index (χ0v) is 15.5. The number of hydrogen-bond donors (Lipinski definition) is 2. The number of aromatic carboxylic acids is 1. The Morgan fingerprint density at radius 1 is 0.929 bits per heavy atom. The Bertz CT molecular complexity index is 1170. The number of halogens is 1. The Balaban J connectivity index is 1.98. The standard InChI is InChI=1S/C23H16ClNO3/c24-17-11-9-15(10-12-17)21-22(26)19(23(27)28)18-8-4-7-16(20(18)25-21)13-14-5-2-1-3-6-14/h1-12,26H,13H2,(H,27,28). The van der Waals surface area contributed by atoms with Crippen molar-refractivity contribution in [3.8, 4) is 17.0 Å². The van der Waals surface area contributed by atoms with Crippen molar-refractivity contribution in [2.45, 2.75) is 6.42 Å². The van der Waals surface area contributed by atoms with Crippen LogP contribution in [-0.4, -0.2) is 21.2 Å². The smallest absolute Gasteiger partial charge is 0.340 e. The Labute approximate surface area is 166 Å². The number of aromatic hydroxyl groups is 1. The number of carboxylic acid groups (broad SMARTS) is 1. The van der Waals surface area contributed by atoms with Gasteiger partial charge in [0.25, 0.3) is 0 Å². The molecule has 0 aliphatic carbocycles. The van der Waals surface area contributed by atoms with Gasteiger partial charge in [0.15, 0.2) is 5.75 Å². The van der Waals surface area contributed by atoms with E-state index in [1.54, 1.807) is 36.4 Å². The van der Waals surface area contributed by atoms with Gasteiger partial charge in [-0.2, -0.15) is 0 Å². The SMILES string of the molecule is O=C(O)c1c(O)c(-c2ccc(Cl)cc2)nc2c(Cc3ccccc3)cccc12. The molecule has 0 radical (unpaired) electrons. The first kappa shape index (κ1) is 18.0. The van der Waals surface area contributed by atoms with Crippen LogP contribution in [0.3, 0.4) is 0 Å². The summed E-state index contributed by atoms with van der Waals surface area (Å²) < 4.78 is 0. The largest absolute Gasteiger partial charge is 0.505 e. The second-order valence-corrected chi connectivity index (χ2v) is 6.91. The van der Waals surface area contributed by atoms with Crippen LogP contribution in [0.25, 0.3) is 22.2 Å². The minimum atomic E-state index is -1.20. The molecule has 0 bridgehead atoms. The highest BCUT2D eigenvalue weighted by Crippen LogP contribution is 2.37. The van der Waals surface area contributed by atoms with Crippen molar-refractivity contribution in [2.24, 2.45) is 0 Å². The predicted molar refractivity (Wildman–Crippen MR) is 110 cm³/mol. The third-order valence-corrected chi connectivity index (χ3v) is 4.89. The van der Waals surface area contributed by atoms with Crippen LogP contribution in [0.5, 0.6) is 5.75 Å². The first-order chi connectivity index (χ1) is 13.5. The molecule has 138 valence electrons. The molecular weight excluding hydrogens is 374 g/mol. The topological polar surface area (TPSA) is 70.4 Å². The third-order valence-electron chi connectivity index (χ3n) is 4.64. The Kier molecular flexibility index (Phi) is 4.72. The molecule has 3 aromatic carbocycles. The van der Waals surface area contributed by atoms with Gasteiger partial charge in [0, 0.05) is 16.0 Å². The summed E-state index contributed by atoms with van der Waals surface area (Å²) in [5.41, 5.74) is 3.22. The maximum atomic E-state index is 11.9. The number of carbonyl (C=O) groups is 1. The molecule has 1 aromatic heterocycles. The molecular formula is C23H16ClNO3. The molecule has 0 saturated carbocycles. The zero-order chi connectivity index (χ0) is 19.7. The number of carboxylic acids is 1. The molecule has 4 rings (SSSR count). The average Bonchev–Trinajstić information content (AvgIpc) is 2.69. The summed E-state index contributed by atoms with van der Waals surface area (Å²) in [7, 11) is 0. The van der Waals surface area contributed by atoms with Crippen molar-refractivity contribution in [3.05, 3.63) is 94.5 Å². The monoisotopic (exact) mass is 389 g/mol. The molecule has 0 spiro atoms. The van der Waals surface area contributed by atoms with Crippen molar-refractivity contribution in [3.63, 3.8) is 0 Å². The summed E-state index contributed by atoms with van der Waals surface area (Å²) in [5, 5.41) is 21.4. The summed E-state index contributed by atoms with van der Waals surface area (Å²) in [6.07, 6.45) is 0.606. The molecule has 28 heavy (non-hydrogen) atoms. The minimum absolute atomic E-state index is 0.148. The van der Waals surface area contributed by atoms with Crippen LogP contribution >= 0.6 is 11.6 Å². The van der Waals surface area contributed by atoms with E-state index in [9.17, 15) is 15.0 Å².